The van der Waals surface area contributed by atoms with Gasteiger partial charge in [0.25, 0.3) is 5.56 Å². The molecule has 0 amide bonds. The Kier molecular flexibility index (Phi) is 7.25. The van der Waals surface area contributed by atoms with E-state index in [0.717, 1.165) is 33.8 Å². The topological polar surface area (TPSA) is 83.5 Å². The predicted molar refractivity (Wildman–Crippen MR) is 163 cm³/mol. The second-order valence-corrected chi connectivity index (χ2v) is 10.0. The van der Waals surface area contributed by atoms with Crippen molar-refractivity contribution in [2.75, 3.05) is 13.7 Å². The van der Waals surface area contributed by atoms with Gasteiger partial charge in [0.1, 0.15) is 23.8 Å². The Bertz CT molecular complexity index is 1970. The van der Waals surface area contributed by atoms with Gasteiger partial charge in [0.05, 0.1) is 17.3 Å². The Morgan fingerprint density at radius 2 is 1.78 bits per heavy atom. The number of hydrogen-bond donors (Lipinski definition) is 0. The molecule has 0 saturated heterocycles. The quantitative estimate of drug-likeness (QED) is 0.224. The van der Waals surface area contributed by atoms with E-state index in [1.165, 1.54) is 15.9 Å². The Morgan fingerprint density at radius 3 is 2.54 bits per heavy atom. The van der Waals surface area contributed by atoms with Gasteiger partial charge in [0, 0.05) is 17.3 Å². The average Bonchev–Trinajstić information content (AvgIpc) is 3.70. The summed E-state index contributed by atoms with van der Waals surface area (Å²) in [6.07, 6.45) is 9.14. The second kappa shape index (κ2) is 11.4. The Morgan fingerprint density at radius 1 is 0.951 bits per heavy atom. The molecule has 9 heteroatoms. The third kappa shape index (κ3) is 5.57. The molecule has 0 N–H and O–H groups in total. The van der Waals surface area contributed by atoms with Gasteiger partial charge in [-0.3, -0.25) is 4.79 Å². The fourth-order valence-electron chi connectivity index (χ4n) is 4.27. The van der Waals surface area contributed by atoms with Crippen LogP contribution in [0.5, 0.6) is 11.5 Å². The van der Waals surface area contributed by atoms with E-state index in [1.54, 1.807) is 19.3 Å². The van der Waals surface area contributed by atoms with E-state index >= 15 is 0 Å². The van der Waals surface area contributed by atoms with Crippen molar-refractivity contribution in [3.63, 3.8) is 0 Å². The summed E-state index contributed by atoms with van der Waals surface area (Å²) in [5.74, 6) is 1.96. The largest absolute Gasteiger partial charge is 0.497 e. The van der Waals surface area contributed by atoms with Gasteiger partial charge in [-0.1, -0.05) is 72.5 Å². The lowest BCUT2D eigenvalue weighted by Gasteiger charge is -2.05. The number of ether oxygens (including phenoxy) is 2. The first kappa shape index (κ1) is 26.0. The Labute approximate surface area is 239 Å². The first-order chi connectivity index (χ1) is 20.1. The van der Waals surface area contributed by atoms with Crippen molar-refractivity contribution in [2.45, 2.75) is 0 Å². The summed E-state index contributed by atoms with van der Waals surface area (Å²) in [5, 5.41) is 9.30. The molecule has 3 heterocycles. The minimum absolute atomic E-state index is 0.233. The molecule has 0 aliphatic rings. The number of hydrogen-bond acceptors (Lipinski definition) is 7. The molecule has 0 aliphatic carbocycles. The van der Waals surface area contributed by atoms with Crippen LogP contribution in [-0.4, -0.2) is 38.1 Å². The maximum atomic E-state index is 13.3. The molecule has 202 valence electrons. The summed E-state index contributed by atoms with van der Waals surface area (Å²) in [6, 6.07) is 25.2. The van der Waals surface area contributed by atoms with E-state index in [9.17, 15) is 4.79 Å². The maximum absolute atomic E-state index is 13.3. The highest BCUT2D eigenvalue weighted by Crippen LogP contribution is 2.27. The van der Waals surface area contributed by atoms with Crippen molar-refractivity contribution in [3.8, 4) is 28.4 Å². The van der Waals surface area contributed by atoms with Crippen LogP contribution in [0.2, 0.25) is 0 Å². The van der Waals surface area contributed by atoms with Crippen LogP contribution in [0.4, 0.5) is 0 Å². The molecule has 8 nitrogen and oxygen atoms in total. The summed E-state index contributed by atoms with van der Waals surface area (Å²) in [4.78, 5) is 18.4. The molecule has 41 heavy (non-hydrogen) atoms. The van der Waals surface area contributed by atoms with Crippen LogP contribution in [0.15, 0.2) is 103 Å². The van der Waals surface area contributed by atoms with E-state index in [2.05, 4.69) is 16.7 Å². The van der Waals surface area contributed by atoms with Crippen LogP contribution in [0, 0.1) is 0 Å². The van der Waals surface area contributed by atoms with Gasteiger partial charge in [-0.25, -0.2) is 4.68 Å². The van der Waals surface area contributed by atoms with Gasteiger partial charge in [-0.05, 0) is 54.1 Å². The zero-order valence-corrected chi connectivity index (χ0v) is 23.0. The SMILES string of the molecule is C=CCOc1cccc(-c2nn(-c3ccccc3)cc2/C=c2\sc3nc(/C=C/c4ccc(OC)cc4)nn3c2=O)c1. The van der Waals surface area contributed by atoms with Crippen LogP contribution in [0.25, 0.3) is 40.1 Å². The number of rotatable bonds is 9. The first-order valence-corrected chi connectivity index (χ1v) is 13.7. The zero-order valence-electron chi connectivity index (χ0n) is 22.2. The highest BCUT2D eigenvalue weighted by molar-refractivity contribution is 7.15. The van der Waals surface area contributed by atoms with Crippen LogP contribution in [-0.2, 0) is 0 Å². The Hall–Kier alpha value is -5.28. The number of fused-ring (bicyclic) bond motifs is 1. The normalized spacial score (nSPS) is 11.9. The lowest BCUT2D eigenvalue weighted by Crippen LogP contribution is -2.23. The number of methoxy groups -OCH3 is 1. The fraction of sp³-hybridized carbons (Fsp3) is 0.0625. The van der Waals surface area contributed by atoms with Crippen molar-refractivity contribution >= 4 is 34.5 Å². The van der Waals surface area contributed by atoms with E-state index in [4.69, 9.17) is 14.6 Å². The Balaban J connectivity index is 1.38. The van der Waals surface area contributed by atoms with Gasteiger partial charge in [-0.15, -0.1) is 5.10 Å². The highest BCUT2D eigenvalue weighted by Gasteiger charge is 2.14. The number of benzene rings is 3. The van der Waals surface area contributed by atoms with Crippen molar-refractivity contribution in [2.24, 2.45) is 0 Å². The fourth-order valence-corrected chi connectivity index (χ4v) is 5.17. The minimum atomic E-state index is -0.233. The van der Waals surface area contributed by atoms with E-state index in [0.29, 0.717) is 27.7 Å². The van der Waals surface area contributed by atoms with E-state index in [1.807, 2.05) is 102 Å². The number of thiazole rings is 1. The van der Waals surface area contributed by atoms with Crippen LogP contribution in [0.1, 0.15) is 17.0 Å². The van der Waals surface area contributed by atoms with Gasteiger partial charge in [0.2, 0.25) is 4.96 Å². The van der Waals surface area contributed by atoms with Crippen molar-refractivity contribution in [3.05, 3.63) is 130 Å². The molecular weight excluding hydrogens is 534 g/mol. The van der Waals surface area contributed by atoms with Crippen LogP contribution in [0.3, 0.4) is 0 Å². The summed E-state index contributed by atoms with van der Waals surface area (Å²) < 4.78 is 14.6. The van der Waals surface area contributed by atoms with Gasteiger partial charge in [0.15, 0.2) is 5.82 Å². The van der Waals surface area contributed by atoms with Crippen molar-refractivity contribution in [1.29, 1.82) is 0 Å². The van der Waals surface area contributed by atoms with Gasteiger partial charge < -0.3 is 9.47 Å². The smallest absolute Gasteiger partial charge is 0.291 e. The number of nitrogens with zero attached hydrogens (tertiary/aromatic N) is 5. The third-order valence-electron chi connectivity index (χ3n) is 6.26. The lowest BCUT2D eigenvalue weighted by atomic mass is 10.1. The summed E-state index contributed by atoms with van der Waals surface area (Å²) in [7, 11) is 1.63. The molecule has 6 rings (SSSR count). The van der Waals surface area contributed by atoms with Crippen molar-refractivity contribution in [1.82, 2.24) is 24.4 Å². The predicted octanol–water partition coefficient (Wildman–Crippen LogP) is 5.30. The first-order valence-electron chi connectivity index (χ1n) is 12.8. The van der Waals surface area contributed by atoms with E-state index in [-0.39, 0.29) is 5.56 Å². The van der Waals surface area contributed by atoms with Crippen molar-refractivity contribution < 1.29 is 9.47 Å². The molecule has 0 saturated carbocycles. The molecule has 0 atom stereocenters. The molecule has 0 radical (unpaired) electrons. The van der Waals surface area contributed by atoms with Gasteiger partial charge in [-0.2, -0.15) is 14.6 Å². The molecular formula is C32H25N5O3S. The minimum Gasteiger partial charge on any atom is -0.497 e. The standard InChI is InChI=1S/C32H25N5O3S/c1-3-18-40-27-11-7-8-23(19-27)30-24(21-36(35-30)25-9-5-4-6-10-25)20-28-31(38)37-32(41-28)33-29(34-37)17-14-22-12-15-26(39-2)16-13-22/h3-17,19-21H,1,18H2,2H3/b17-14+,28-20-. The van der Waals surface area contributed by atoms with Crippen LogP contribution >= 0.6 is 11.3 Å². The third-order valence-corrected chi connectivity index (χ3v) is 7.22. The molecule has 3 aromatic heterocycles. The molecule has 3 aromatic carbocycles. The number of aromatic nitrogens is 5. The van der Waals surface area contributed by atoms with Crippen LogP contribution < -0.4 is 19.6 Å². The molecule has 0 unspecified atom stereocenters. The molecule has 0 fully saturated rings. The molecule has 6 aromatic rings. The summed E-state index contributed by atoms with van der Waals surface area (Å²) in [6.45, 7) is 4.12. The molecule has 0 bridgehead atoms. The number of para-hydroxylation sites is 1. The lowest BCUT2D eigenvalue weighted by molar-refractivity contribution is 0.363. The highest BCUT2D eigenvalue weighted by atomic mass is 32.1. The average molecular weight is 560 g/mol. The van der Waals surface area contributed by atoms with E-state index < -0.39 is 0 Å². The molecule has 0 spiro atoms. The summed E-state index contributed by atoms with van der Waals surface area (Å²) in [5.41, 5.74) is 4.02. The van der Waals surface area contributed by atoms with Gasteiger partial charge >= 0.3 is 0 Å². The second-order valence-electron chi connectivity index (χ2n) is 9.03. The monoisotopic (exact) mass is 559 g/mol. The zero-order chi connectivity index (χ0) is 28.2. The summed E-state index contributed by atoms with van der Waals surface area (Å²) >= 11 is 1.29. The molecule has 0 aliphatic heterocycles. The maximum Gasteiger partial charge on any atom is 0.291 e.